The number of fused-ring (bicyclic) bond motifs is 1. The summed E-state index contributed by atoms with van der Waals surface area (Å²) in [4.78, 5) is 26.4. The second kappa shape index (κ2) is 7.07. The molecule has 1 aromatic heterocycles. The Labute approximate surface area is 181 Å². The summed E-state index contributed by atoms with van der Waals surface area (Å²) in [5, 5.41) is 16.9. The summed E-state index contributed by atoms with van der Waals surface area (Å²) < 4.78 is 1.35. The molecule has 0 bridgehead atoms. The molecular formula is C22H17Cl2N3O3. The van der Waals surface area contributed by atoms with E-state index in [1.54, 1.807) is 42.5 Å². The molecule has 5 rings (SSSR count). The molecular weight excluding hydrogens is 425 g/mol. The van der Waals surface area contributed by atoms with Crippen LogP contribution in [0.3, 0.4) is 0 Å². The zero-order valence-corrected chi connectivity index (χ0v) is 17.2. The van der Waals surface area contributed by atoms with Crippen LogP contribution in [0.2, 0.25) is 10.0 Å². The molecule has 3 N–H and O–H groups in total. The lowest BCUT2D eigenvalue weighted by Crippen LogP contribution is -2.29. The van der Waals surface area contributed by atoms with Gasteiger partial charge in [-0.2, -0.15) is 0 Å². The van der Waals surface area contributed by atoms with Crippen molar-refractivity contribution >= 4 is 34.8 Å². The van der Waals surface area contributed by atoms with Gasteiger partial charge in [-0.1, -0.05) is 35.3 Å². The van der Waals surface area contributed by atoms with Gasteiger partial charge in [0.25, 0.3) is 5.56 Å². The summed E-state index contributed by atoms with van der Waals surface area (Å²) in [5.74, 6) is 0.143. The first-order valence-corrected chi connectivity index (χ1v) is 10.3. The van der Waals surface area contributed by atoms with Crippen molar-refractivity contribution < 1.29 is 9.90 Å². The maximum absolute atomic E-state index is 13.5. The molecule has 0 saturated carbocycles. The van der Waals surface area contributed by atoms with Gasteiger partial charge in [-0.05, 0) is 48.7 Å². The van der Waals surface area contributed by atoms with Gasteiger partial charge in [0.15, 0.2) is 5.78 Å². The zero-order chi connectivity index (χ0) is 21.0. The number of ketones is 1. The first kappa shape index (κ1) is 19.0. The molecule has 0 saturated heterocycles. The highest BCUT2D eigenvalue weighted by Gasteiger charge is 2.38. The van der Waals surface area contributed by atoms with Crippen molar-refractivity contribution in [3.05, 3.63) is 85.3 Å². The zero-order valence-electron chi connectivity index (χ0n) is 15.7. The van der Waals surface area contributed by atoms with E-state index < -0.39 is 5.92 Å². The lowest BCUT2D eigenvalue weighted by atomic mass is 9.77. The normalized spacial score (nSPS) is 18.1. The summed E-state index contributed by atoms with van der Waals surface area (Å²) in [6, 6.07) is 11.5. The van der Waals surface area contributed by atoms with E-state index >= 15 is 0 Å². The van der Waals surface area contributed by atoms with Gasteiger partial charge in [0.05, 0.1) is 16.3 Å². The third-order valence-corrected chi connectivity index (χ3v) is 6.17. The Morgan fingerprint density at radius 2 is 1.80 bits per heavy atom. The van der Waals surface area contributed by atoms with Crippen LogP contribution in [-0.2, 0) is 4.79 Å². The van der Waals surface area contributed by atoms with E-state index in [-0.39, 0.29) is 17.1 Å². The number of allylic oxidation sites excluding steroid dienone is 2. The van der Waals surface area contributed by atoms with E-state index in [0.717, 1.165) is 24.1 Å². The molecule has 0 amide bonds. The summed E-state index contributed by atoms with van der Waals surface area (Å²) in [6.07, 6.45) is 1.93. The van der Waals surface area contributed by atoms with Crippen LogP contribution >= 0.6 is 23.2 Å². The molecule has 2 heterocycles. The largest absolute Gasteiger partial charge is 0.508 e. The third-order valence-electron chi connectivity index (χ3n) is 5.61. The number of hydrogen-bond donors (Lipinski definition) is 3. The number of aromatic nitrogens is 2. The number of halogens is 2. The van der Waals surface area contributed by atoms with Crippen LogP contribution in [0.1, 0.15) is 36.3 Å². The van der Waals surface area contributed by atoms with Gasteiger partial charge in [0.2, 0.25) is 0 Å². The molecule has 1 atom stereocenters. The van der Waals surface area contributed by atoms with Crippen LogP contribution < -0.4 is 10.9 Å². The second-order valence-corrected chi connectivity index (χ2v) is 8.30. The second-order valence-electron chi connectivity index (χ2n) is 7.46. The van der Waals surface area contributed by atoms with Gasteiger partial charge in [0, 0.05) is 28.6 Å². The molecule has 3 aromatic rings. The average molecular weight is 442 g/mol. The molecule has 0 fully saturated rings. The van der Waals surface area contributed by atoms with E-state index in [1.807, 2.05) is 0 Å². The summed E-state index contributed by atoms with van der Waals surface area (Å²) in [7, 11) is 0. The summed E-state index contributed by atoms with van der Waals surface area (Å²) in [5.41, 5.74) is 2.75. The van der Waals surface area contributed by atoms with Crippen LogP contribution in [0.4, 0.5) is 5.82 Å². The smallest absolute Gasteiger partial charge is 0.277 e. The van der Waals surface area contributed by atoms with E-state index in [0.29, 0.717) is 39.1 Å². The first-order valence-electron chi connectivity index (χ1n) is 9.56. The lowest BCUT2D eigenvalue weighted by molar-refractivity contribution is -0.116. The van der Waals surface area contributed by atoms with Crippen molar-refractivity contribution in [1.29, 1.82) is 0 Å². The number of phenols is 1. The number of aromatic amines is 1. The number of Topliss-reactive ketones (excluding diaryl/α,β-unsaturated/α-hetero) is 1. The number of aromatic hydroxyl groups is 1. The molecule has 152 valence electrons. The highest BCUT2D eigenvalue weighted by Crippen LogP contribution is 2.44. The Balaban J connectivity index is 1.76. The molecule has 1 unspecified atom stereocenters. The first-order chi connectivity index (χ1) is 14.4. The van der Waals surface area contributed by atoms with E-state index in [1.165, 1.54) is 4.68 Å². The van der Waals surface area contributed by atoms with Crippen LogP contribution in [0.5, 0.6) is 5.75 Å². The molecule has 0 radical (unpaired) electrons. The highest BCUT2D eigenvalue weighted by molar-refractivity contribution is 6.34. The fourth-order valence-electron chi connectivity index (χ4n) is 4.26. The molecule has 0 spiro atoms. The van der Waals surface area contributed by atoms with Gasteiger partial charge in [-0.15, -0.1) is 0 Å². The minimum absolute atomic E-state index is 0.0282. The summed E-state index contributed by atoms with van der Waals surface area (Å²) >= 11 is 12.5. The Hall–Kier alpha value is -2.96. The number of hydrogen-bond acceptors (Lipinski definition) is 4. The fraction of sp³-hybridized carbons (Fsp3) is 0.182. The molecule has 6 nitrogen and oxygen atoms in total. The SMILES string of the molecule is O=C1CCCC2=C1C(c1ccc(O)cc1)c1c([nH]n(-c3cc(Cl)ccc3Cl)c1=O)N2. The van der Waals surface area contributed by atoms with Gasteiger partial charge in [-0.25, -0.2) is 4.68 Å². The van der Waals surface area contributed by atoms with Crippen molar-refractivity contribution in [2.75, 3.05) is 5.32 Å². The van der Waals surface area contributed by atoms with Crippen molar-refractivity contribution in [2.24, 2.45) is 0 Å². The van der Waals surface area contributed by atoms with Gasteiger partial charge in [0.1, 0.15) is 11.6 Å². The third kappa shape index (κ3) is 2.95. The minimum atomic E-state index is -0.535. The van der Waals surface area contributed by atoms with Crippen molar-refractivity contribution in [3.63, 3.8) is 0 Å². The number of benzene rings is 2. The highest BCUT2D eigenvalue weighted by atomic mass is 35.5. The van der Waals surface area contributed by atoms with Crippen molar-refractivity contribution in [3.8, 4) is 11.4 Å². The van der Waals surface area contributed by atoms with Crippen LogP contribution in [0.25, 0.3) is 5.69 Å². The monoisotopic (exact) mass is 441 g/mol. The number of rotatable bonds is 2. The van der Waals surface area contributed by atoms with E-state index in [2.05, 4.69) is 10.4 Å². The van der Waals surface area contributed by atoms with Gasteiger partial charge >= 0.3 is 0 Å². The Morgan fingerprint density at radius 3 is 2.57 bits per heavy atom. The van der Waals surface area contributed by atoms with Crippen molar-refractivity contribution in [1.82, 2.24) is 9.78 Å². The van der Waals surface area contributed by atoms with E-state index in [9.17, 15) is 14.7 Å². The molecule has 1 aliphatic heterocycles. The summed E-state index contributed by atoms with van der Waals surface area (Å²) in [6.45, 7) is 0. The maximum atomic E-state index is 13.5. The van der Waals surface area contributed by atoms with Crippen molar-refractivity contribution in [2.45, 2.75) is 25.2 Å². The molecule has 1 aliphatic carbocycles. The predicted molar refractivity (Wildman–Crippen MR) is 116 cm³/mol. The number of nitrogens with zero attached hydrogens (tertiary/aromatic N) is 1. The average Bonchev–Trinajstić information content (AvgIpc) is 3.05. The number of carbonyl (C=O) groups is 1. The molecule has 2 aromatic carbocycles. The van der Waals surface area contributed by atoms with Crippen LogP contribution in [0.15, 0.2) is 58.5 Å². The quantitative estimate of drug-likeness (QED) is 0.535. The number of H-pyrrole nitrogens is 1. The van der Waals surface area contributed by atoms with E-state index in [4.69, 9.17) is 23.2 Å². The maximum Gasteiger partial charge on any atom is 0.277 e. The Morgan fingerprint density at radius 1 is 1.03 bits per heavy atom. The number of phenolic OH excluding ortho intramolecular Hbond substituents is 1. The minimum Gasteiger partial charge on any atom is -0.508 e. The van der Waals surface area contributed by atoms with Gasteiger partial charge < -0.3 is 10.4 Å². The molecule has 2 aliphatic rings. The number of anilines is 1. The Bertz CT molecular complexity index is 1270. The van der Waals surface area contributed by atoms with Gasteiger partial charge in [-0.3, -0.25) is 14.7 Å². The standard InChI is InChI=1S/C22H17Cl2N3O3/c23-12-6-9-14(24)16(10-12)27-22(30)20-18(11-4-7-13(28)8-5-11)19-15(25-21(20)26-27)2-1-3-17(19)29/h4-10,18,25-26,28H,1-3H2. The van der Waals surface area contributed by atoms with Crippen LogP contribution in [-0.4, -0.2) is 20.7 Å². The molecule has 8 heteroatoms. The predicted octanol–water partition coefficient (Wildman–Crippen LogP) is 4.74. The molecule has 30 heavy (non-hydrogen) atoms. The fourth-order valence-corrected chi connectivity index (χ4v) is 4.63. The Kier molecular flexibility index (Phi) is 4.49. The number of carbonyl (C=O) groups excluding carboxylic acids is 1. The van der Waals surface area contributed by atoms with Crippen LogP contribution in [0, 0.1) is 0 Å². The number of nitrogens with one attached hydrogen (secondary N) is 2. The lowest BCUT2D eigenvalue weighted by Gasteiger charge is -2.31. The topological polar surface area (TPSA) is 87.1 Å².